The number of carbonyl (C=O) groups is 1. The van der Waals surface area contributed by atoms with Crippen LogP contribution in [0.1, 0.15) is 28.9 Å². The molecule has 1 saturated carbocycles. The maximum absolute atomic E-state index is 12.2. The van der Waals surface area contributed by atoms with Crippen molar-refractivity contribution in [3.63, 3.8) is 0 Å². The van der Waals surface area contributed by atoms with Crippen molar-refractivity contribution in [3.05, 3.63) is 29.1 Å². The number of hydrogen-bond donors (Lipinski definition) is 3. The highest BCUT2D eigenvalue weighted by atomic mass is 32.1. The Morgan fingerprint density at radius 2 is 2.20 bits per heavy atom. The molecule has 106 valence electrons. The standard InChI is InChI=1S/C15H18N2O2S/c16-13-10-5-1-2-7-12(10)20-14(13)15(19)17-8-9-4-3-6-11(9)18/h1-2,5,7,9,11,18H,3-4,6,8,16H2,(H,17,19). The third-order valence-corrected chi connectivity index (χ3v) is 5.17. The van der Waals surface area contributed by atoms with E-state index in [1.807, 2.05) is 24.3 Å². The average Bonchev–Trinajstić information content (AvgIpc) is 3.01. The molecule has 2 unspecified atom stereocenters. The zero-order chi connectivity index (χ0) is 14.1. The first-order valence-corrected chi connectivity index (χ1v) is 7.71. The van der Waals surface area contributed by atoms with E-state index in [4.69, 9.17) is 5.73 Å². The van der Waals surface area contributed by atoms with Crippen molar-refractivity contribution < 1.29 is 9.90 Å². The fraction of sp³-hybridized carbons (Fsp3) is 0.400. The van der Waals surface area contributed by atoms with E-state index in [1.165, 1.54) is 11.3 Å². The lowest BCUT2D eigenvalue weighted by Gasteiger charge is -2.14. The fourth-order valence-electron chi connectivity index (χ4n) is 2.79. The molecule has 0 spiro atoms. The summed E-state index contributed by atoms with van der Waals surface area (Å²) in [5.41, 5.74) is 6.60. The van der Waals surface area contributed by atoms with E-state index in [1.54, 1.807) is 0 Å². The molecule has 0 saturated heterocycles. The van der Waals surface area contributed by atoms with Crippen molar-refractivity contribution in [2.75, 3.05) is 12.3 Å². The lowest BCUT2D eigenvalue weighted by Crippen LogP contribution is -2.32. The van der Waals surface area contributed by atoms with Gasteiger partial charge in [-0.3, -0.25) is 4.79 Å². The van der Waals surface area contributed by atoms with Gasteiger partial charge in [0.1, 0.15) is 4.88 Å². The zero-order valence-electron chi connectivity index (χ0n) is 11.1. The van der Waals surface area contributed by atoms with Crippen molar-refractivity contribution in [2.45, 2.75) is 25.4 Å². The van der Waals surface area contributed by atoms with Crippen LogP contribution in [0.25, 0.3) is 10.1 Å². The first kappa shape index (κ1) is 13.4. The zero-order valence-corrected chi connectivity index (χ0v) is 12.0. The van der Waals surface area contributed by atoms with Crippen LogP contribution in [0.2, 0.25) is 0 Å². The number of amides is 1. The lowest BCUT2D eigenvalue weighted by atomic mass is 10.1. The first-order valence-electron chi connectivity index (χ1n) is 6.90. The van der Waals surface area contributed by atoms with Gasteiger partial charge in [0.25, 0.3) is 5.91 Å². The van der Waals surface area contributed by atoms with E-state index in [0.717, 1.165) is 29.3 Å². The SMILES string of the molecule is Nc1c(C(=O)NCC2CCCC2O)sc2ccccc12. The van der Waals surface area contributed by atoms with Gasteiger partial charge in [0, 0.05) is 22.5 Å². The van der Waals surface area contributed by atoms with Crippen molar-refractivity contribution >= 4 is 33.0 Å². The topological polar surface area (TPSA) is 75.4 Å². The summed E-state index contributed by atoms with van der Waals surface area (Å²) >= 11 is 1.42. The van der Waals surface area contributed by atoms with Gasteiger partial charge in [-0.15, -0.1) is 11.3 Å². The molecule has 4 N–H and O–H groups in total. The second-order valence-electron chi connectivity index (χ2n) is 5.31. The lowest BCUT2D eigenvalue weighted by molar-refractivity contribution is 0.0921. The van der Waals surface area contributed by atoms with E-state index in [9.17, 15) is 9.90 Å². The van der Waals surface area contributed by atoms with Crippen LogP contribution in [0, 0.1) is 5.92 Å². The quantitative estimate of drug-likeness (QED) is 0.812. The maximum Gasteiger partial charge on any atom is 0.263 e. The highest BCUT2D eigenvalue weighted by Crippen LogP contribution is 2.33. The molecular formula is C15H18N2O2S. The minimum Gasteiger partial charge on any atom is -0.397 e. The minimum atomic E-state index is -0.282. The first-order chi connectivity index (χ1) is 9.66. The number of hydrogen-bond acceptors (Lipinski definition) is 4. The Hall–Kier alpha value is -1.59. The molecule has 1 fully saturated rings. The minimum absolute atomic E-state index is 0.136. The van der Waals surface area contributed by atoms with Gasteiger partial charge in [-0.25, -0.2) is 0 Å². The number of nitrogen functional groups attached to an aromatic ring is 1. The monoisotopic (exact) mass is 290 g/mol. The number of fused-ring (bicyclic) bond motifs is 1. The Kier molecular flexibility index (Phi) is 3.63. The highest BCUT2D eigenvalue weighted by Gasteiger charge is 2.26. The largest absolute Gasteiger partial charge is 0.397 e. The van der Waals surface area contributed by atoms with Gasteiger partial charge in [-0.2, -0.15) is 0 Å². The molecule has 4 nitrogen and oxygen atoms in total. The van der Waals surface area contributed by atoms with Gasteiger partial charge >= 0.3 is 0 Å². The number of rotatable bonds is 3. The summed E-state index contributed by atoms with van der Waals surface area (Å²) in [6.07, 6.45) is 2.57. The molecule has 5 heteroatoms. The molecule has 1 aromatic heterocycles. The molecule has 1 heterocycles. The molecule has 0 bridgehead atoms. The summed E-state index contributed by atoms with van der Waals surface area (Å²) in [6.45, 7) is 0.522. The van der Waals surface area contributed by atoms with Gasteiger partial charge in [-0.1, -0.05) is 24.6 Å². The molecule has 1 aliphatic carbocycles. The van der Waals surface area contributed by atoms with Crippen LogP contribution in [-0.4, -0.2) is 23.7 Å². The fourth-order valence-corrected chi connectivity index (χ4v) is 3.83. The van der Waals surface area contributed by atoms with Gasteiger partial charge in [0.15, 0.2) is 0 Å². The third kappa shape index (κ3) is 2.39. The van der Waals surface area contributed by atoms with Crippen LogP contribution in [0.4, 0.5) is 5.69 Å². The summed E-state index contributed by atoms with van der Waals surface area (Å²) < 4.78 is 1.02. The predicted octanol–water partition coefficient (Wildman–Crippen LogP) is 2.37. The molecule has 2 aromatic rings. The number of benzene rings is 1. The summed E-state index contributed by atoms with van der Waals surface area (Å²) in [6, 6.07) is 7.75. The number of thiophene rings is 1. The van der Waals surface area contributed by atoms with Crippen LogP contribution in [0.3, 0.4) is 0 Å². The predicted molar refractivity (Wildman–Crippen MR) is 81.9 cm³/mol. The van der Waals surface area contributed by atoms with Crippen LogP contribution < -0.4 is 11.1 Å². The molecule has 1 aliphatic rings. The van der Waals surface area contributed by atoms with Crippen LogP contribution in [0.5, 0.6) is 0 Å². The second-order valence-corrected chi connectivity index (χ2v) is 6.36. The number of nitrogens with one attached hydrogen (secondary N) is 1. The van der Waals surface area contributed by atoms with E-state index in [-0.39, 0.29) is 17.9 Å². The normalized spacial score (nSPS) is 22.2. The van der Waals surface area contributed by atoms with Crippen molar-refractivity contribution in [1.29, 1.82) is 0 Å². The Balaban J connectivity index is 1.74. The Labute approximate surface area is 121 Å². The smallest absolute Gasteiger partial charge is 0.263 e. The Morgan fingerprint density at radius 3 is 2.90 bits per heavy atom. The molecule has 1 amide bonds. The highest BCUT2D eigenvalue weighted by molar-refractivity contribution is 7.21. The molecule has 1 aromatic carbocycles. The Bertz CT molecular complexity index is 638. The van der Waals surface area contributed by atoms with Crippen LogP contribution in [0.15, 0.2) is 24.3 Å². The maximum atomic E-state index is 12.2. The Morgan fingerprint density at radius 1 is 1.40 bits per heavy atom. The molecule has 20 heavy (non-hydrogen) atoms. The number of nitrogens with two attached hydrogens (primary N) is 1. The number of aliphatic hydroxyl groups excluding tert-OH is 1. The van der Waals surface area contributed by atoms with E-state index in [0.29, 0.717) is 17.1 Å². The van der Waals surface area contributed by atoms with E-state index in [2.05, 4.69) is 5.32 Å². The van der Waals surface area contributed by atoms with Crippen molar-refractivity contribution in [3.8, 4) is 0 Å². The van der Waals surface area contributed by atoms with Gasteiger partial charge < -0.3 is 16.2 Å². The summed E-state index contributed by atoms with van der Waals surface area (Å²) in [7, 11) is 0. The van der Waals surface area contributed by atoms with Crippen LogP contribution in [-0.2, 0) is 0 Å². The third-order valence-electron chi connectivity index (χ3n) is 3.98. The molecule has 0 radical (unpaired) electrons. The number of anilines is 1. The summed E-state index contributed by atoms with van der Waals surface area (Å²) in [5, 5.41) is 13.6. The molecular weight excluding hydrogens is 272 g/mol. The number of aliphatic hydroxyl groups is 1. The van der Waals surface area contributed by atoms with Crippen molar-refractivity contribution in [2.24, 2.45) is 5.92 Å². The second kappa shape index (κ2) is 5.42. The van der Waals surface area contributed by atoms with Gasteiger partial charge in [-0.05, 0) is 18.9 Å². The summed E-state index contributed by atoms with van der Waals surface area (Å²) in [4.78, 5) is 12.8. The van der Waals surface area contributed by atoms with E-state index >= 15 is 0 Å². The average molecular weight is 290 g/mol. The van der Waals surface area contributed by atoms with Gasteiger partial charge in [0.2, 0.25) is 0 Å². The molecule has 3 rings (SSSR count). The van der Waals surface area contributed by atoms with Crippen LogP contribution >= 0.6 is 11.3 Å². The van der Waals surface area contributed by atoms with Crippen molar-refractivity contribution in [1.82, 2.24) is 5.32 Å². The molecule has 0 aliphatic heterocycles. The number of carbonyl (C=O) groups excluding carboxylic acids is 1. The molecule has 2 atom stereocenters. The van der Waals surface area contributed by atoms with Gasteiger partial charge in [0.05, 0.1) is 11.8 Å². The summed E-state index contributed by atoms with van der Waals surface area (Å²) in [5.74, 6) is 0.0392. The van der Waals surface area contributed by atoms with E-state index < -0.39 is 0 Å².